The zero-order valence-corrected chi connectivity index (χ0v) is 17.1. The van der Waals surface area contributed by atoms with Crippen molar-refractivity contribution in [3.05, 3.63) is 24.3 Å². The van der Waals surface area contributed by atoms with Gasteiger partial charge in [-0.2, -0.15) is 0 Å². The molecule has 0 aromatic carbocycles. The Morgan fingerprint density at radius 3 is 2.44 bits per heavy atom. The van der Waals surface area contributed by atoms with Crippen LogP contribution in [-0.4, -0.2) is 54.4 Å². The van der Waals surface area contributed by atoms with Crippen molar-refractivity contribution >= 4 is 5.97 Å². The maximum Gasteiger partial charge on any atom is 0.306 e. The molecule has 2 aliphatic carbocycles. The molecule has 0 aromatic heterocycles. The summed E-state index contributed by atoms with van der Waals surface area (Å²) < 4.78 is 6.73. The van der Waals surface area contributed by atoms with Crippen LogP contribution in [0.5, 0.6) is 0 Å². The van der Waals surface area contributed by atoms with Crippen LogP contribution in [0.25, 0.3) is 0 Å². The Bertz CT molecular complexity index is 515. The number of esters is 1. The Morgan fingerprint density at radius 1 is 1.16 bits per heavy atom. The van der Waals surface area contributed by atoms with Gasteiger partial charge in [0.25, 0.3) is 0 Å². The minimum absolute atomic E-state index is 0. The number of likely N-dealkylation sites (tertiary alicyclic amines) is 1. The molecule has 1 heterocycles. The van der Waals surface area contributed by atoms with E-state index >= 15 is 0 Å². The van der Waals surface area contributed by atoms with Crippen molar-refractivity contribution in [3.8, 4) is 0 Å². The molecule has 5 heteroatoms. The number of rotatable bonds is 4. The highest BCUT2D eigenvalue weighted by molar-refractivity contribution is 5.70. The number of halogens is 1. The molecule has 4 nitrogen and oxygen atoms in total. The molecule has 2 unspecified atom stereocenters. The number of carbonyl (C=O) groups is 1. The van der Waals surface area contributed by atoms with Crippen molar-refractivity contribution in [1.82, 2.24) is 0 Å². The third-order valence-corrected chi connectivity index (χ3v) is 6.22. The standard InChI is InChI=1S/C20H32NO3.BrH/c1-21(2)13-10-18(11-14-21)24-19(22)15-17-9-5-6-12-20(17,23)16-7-3-4-8-16;/h5-6,9,12,16-18,23H,3-4,7-8,10-11,13-15H2,1-2H3;1H/q+1;/p-1. The van der Waals surface area contributed by atoms with Crippen LogP contribution in [0.2, 0.25) is 0 Å². The summed E-state index contributed by atoms with van der Waals surface area (Å²) in [6, 6.07) is 0. The van der Waals surface area contributed by atoms with E-state index in [4.69, 9.17) is 4.74 Å². The van der Waals surface area contributed by atoms with E-state index in [0.29, 0.717) is 0 Å². The van der Waals surface area contributed by atoms with Crippen molar-refractivity contribution in [1.29, 1.82) is 0 Å². The van der Waals surface area contributed by atoms with Gasteiger partial charge < -0.3 is 31.3 Å². The molecular formula is C20H32BrNO3. The van der Waals surface area contributed by atoms with Gasteiger partial charge in [0.05, 0.1) is 39.2 Å². The van der Waals surface area contributed by atoms with Crippen molar-refractivity contribution in [3.63, 3.8) is 0 Å². The van der Waals surface area contributed by atoms with Crippen LogP contribution >= 0.6 is 0 Å². The Labute approximate surface area is 162 Å². The van der Waals surface area contributed by atoms with E-state index < -0.39 is 5.60 Å². The molecule has 1 aliphatic heterocycles. The molecule has 3 rings (SSSR count). The summed E-state index contributed by atoms with van der Waals surface area (Å²) in [6.45, 7) is 2.10. The number of ether oxygens (including phenoxy) is 1. The average molecular weight is 414 g/mol. The molecule has 0 spiro atoms. The minimum atomic E-state index is -0.879. The number of allylic oxidation sites excluding steroid dienone is 2. The predicted molar refractivity (Wildman–Crippen MR) is 94.3 cm³/mol. The summed E-state index contributed by atoms with van der Waals surface area (Å²) in [5.41, 5.74) is -0.879. The molecule has 0 amide bonds. The number of nitrogens with zero attached hydrogens (tertiary/aromatic N) is 1. The van der Waals surface area contributed by atoms with Gasteiger partial charge in [-0.25, -0.2) is 0 Å². The van der Waals surface area contributed by atoms with Gasteiger partial charge in [-0.05, 0) is 18.8 Å². The van der Waals surface area contributed by atoms with Crippen LogP contribution in [0.4, 0.5) is 0 Å². The summed E-state index contributed by atoms with van der Waals surface area (Å²) >= 11 is 0. The topological polar surface area (TPSA) is 46.5 Å². The van der Waals surface area contributed by atoms with Gasteiger partial charge in [0.15, 0.2) is 0 Å². The molecule has 1 saturated carbocycles. The van der Waals surface area contributed by atoms with Gasteiger partial charge in [0.1, 0.15) is 6.10 Å². The van der Waals surface area contributed by atoms with Crippen LogP contribution in [0, 0.1) is 11.8 Å². The normalized spacial score (nSPS) is 32.4. The second-order valence-corrected chi connectivity index (χ2v) is 8.50. The fourth-order valence-electron chi connectivity index (χ4n) is 4.52. The zero-order chi connectivity index (χ0) is 17.2. The van der Waals surface area contributed by atoms with Gasteiger partial charge in [0, 0.05) is 18.8 Å². The fourth-order valence-corrected chi connectivity index (χ4v) is 4.52. The van der Waals surface area contributed by atoms with E-state index in [1.165, 1.54) is 12.8 Å². The third-order valence-electron chi connectivity index (χ3n) is 6.22. The van der Waals surface area contributed by atoms with Gasteiger partial charge in [-0.3, -0.25) is 4.79 Å². The number of hydrogen-bond acceptors (Lipinski definition) is 3. The number of aliphatic hydroxyl groups is 1. The van der Waals surface area contributed by atoms with Crippen LogP contribution < -0.4 is 17.0 Å². The Morgan fingerprint density at radius 2 is 1.80 bits per heavy atom. The molecule has 25 heavy (non-hydrogen) atoms. The largest absolute Gasteiger partial charge is 1.00 e. The van der Waals surface area contributed by atoms with E-state index in [2.05, 4.69) is 14.1 Å². The Balaban J connectivity index is 0.00000225. The van der Waals surface area contributed by atoms with E-state index in [0.717, 1.165) is 43.3 Å². The highest BCUT2D eigenvalue weighted by Crippen LogP contribution is 2.42. The van der Waals surface area contributed by atoms with Gasteiger partial charge in [-0.15, -0.1) is 0 Å². The van der Waals surface area contributed by atoms with Crippen molar-refractivity contribution in [2.45, 2.75) is 56.7 Å². The number of carbonyl (C=O) groups excluding carboxylic acids is 1. The van der Waals surface area contributed by atoms with Crippen LogP contribution in [0.3, 0.4) is 0 Å². The first-order valence-corrected chi connectivity index (χ1v) is 9.49. The van der Waals surface area contributed by atoms with E-state index in [-0.39, 0.29) is 47.3 Å². The van der Waals surface area contributed by atoms with E-state index in [1.54, 1.807) is 0 Å². The molecule has 0 bridgehead atoms. The van der Waals surface area contributed by atoms with Gasteiger partial charge >= 0.3 is 5.97 Å². The SMILES string of the molecule is C[N+]1(C)CCC(OC(=O)CC2C=CC=CC2(O)C2CCCC2)CC1.[Br-]. The summed E-state index contributed by atoms with van der Waals surface area (Å²) in [6.07, 6.45) is 14.4. The lowest BCUT2D eigenvalue weighted by Crippen LogP contribution is -3.00. The summed E-state index contributed by atoms with van der Waals surface area (Å²) in [7, 11) is 4.44. The summed E-state index contributed by atoms with van der Waals surface area (Å²) in [5, 5.41) is 11.2. The molecule has 1 saturated heterocycles. The quantitative estimate of drug-likeness (QED) is 0.513. The molecular weight excluding hydrogens is 382 g/mol. The molecule has 0 radical (unpaired) electrons. The molecule has 2 fully saturated rings. The first-order valence-electron chi connectivity index (χ1n) is 9.49. The van der Waals surface area contributed by atoms with Crippen molar-refractivity contribution in [2.75, 3.05) is 27.2 Å². The minimum Gasteiger partial charge on any atom is -1.00 e. The summed E-state index contributed by atoms with van der Waals surface area (Å²) in [4.78, 5) is 12.4. The summed E-state index contributed by atoms with van der Waals surface area (Å²) in [5.74, 6) is -0.0493. The molecule has 1 N–H and O–H groups in total. The van der Waals surface area contributed by atoms with Crippen LogP contribution in [0.1, 0.15) is 44.9 Å². The number of hydrogen-bond donors (Lipinski definition) is 1. The Hall–Kier alpha value is -0.650. The number of quaternary nitrogens is 1. The average Bonchev–Trinajstić information content (AvgIpc) is 3.07. The van der Waals surface area contributed by atoms with Gasteiger partial charge in [-0.1, -0.05) is 37.1 Å². The second-order valence-electron chi connectivity index (χ2n) is 8.50. The zero-order valence-electron chi connectivity index (χ0n) is 15.5. The van der Waals surface area contributed by atoms with Gasteiger partial charge in [0.2, 0.25) is 0 Å². The first kappa shape index (κ1) is 20.7. The lowest BCUT2D eigenvalue weighted by molar-refractivity contribution is -0.896. The first-order chi connectivity index (χ1) is 11.4. The molecule has 0 aromatic rings. The van der Waals surface area contributed by atoms with Crippen molar-refractivity contribution in [2.24, 2.45) is 11.8 Å². The predicted octanol–water partition coefficient (Wildman–Crippen LogP) is -0.174. The van der Waals surface area contributed by atoms with E-state index in [9.17, 15) is 9.90 Å². The van der Waals surface area contributed by atoms with Crippen molar-refractivity contribution < 1.29 is 36.1 Å². The third kappa shape index (κ3) is 4.95. The molecule has 2 atom stereocenters. The lowest BCUT2D eigenvalue weighted by atomic mass is 9.72. The maximum atomic E-state index is 12.4. The van der Waals surface area contributed by atoms with Crippen LogP contribution in [-0.2, 0) is 9.53 Å². The Kier molecular flexibility index (Phi) is 6.91. The van der Waals surface area contributed by atoms with Crippen LogP contribution in [0.15, 0.2) is 24.3 Å². The number of piperidine rings is 1. The fraction of sp³-hybridized carbons (Fsp3) is 0.750. The monoisotopic (exact) mass is 413 g/mol. The lowest BCUT2D eigenvalue weighted by Gasteiger charge is -2.39. The molecule has 142 valence electrons. The highest BCUT2D eigenvalue weighted by Gasteiger charge is 2.43. The smallest absolute Gasteiger partial charge is 0.306 e. The highest BCUT2D eigenvalue weighted by atomic mass is 79.9. The second kappa shape index (κ2) is 8.36. The van der Waals surface area contributed by atoms with E-state index in [1.807, 2.05) is 24.3 Å². The maximum absolute atomic E-state index is 12.4. The molecule has 3 aliphatic rings.